The van der Waals surface area contributed by atoms with Crippen molar-refractivity contribution in [2.75, 3.05) is 20.1 Å². The Morgan fingerprint density at radius 1 is 1.47 bits per heavy atom. The Kier molecular flexibility index (Phi) is 6.57. The summed E-state index contributed by atoms with van der Waals surface area (Å²) >= 11 is 0. The van der Waals surface area contributed by atoms with Gasteiger partial charge in [0.25, 0.3) is 0 Å². The van der Waals surface area contributed by atoms with Gasteiger partial charge in [-0.05, 0) is 6.92 Å². The van der Waals surface area contributed by atoms with Crippen molar-refractivity contribution in [3.05, 3.63) is 12.7 Å². The van der Waals surface area contributed by atoms with Crippen LogP contribution in [-0.2, 0) is 9.59 Å². The third-order valence-corrected chi connectivity index (χ3v) is 2.09. The Bertz CT molecular complexity index is 317. The number of hydrogen-bond acceptors (Lipinski definition) is 4. The number of nitrogens with zero attached hydrogens (tertiary/aromatic N) is 1. The van der Waals surface area contributed by atoms with E-state index in [9.17, 15) is 14.4 Å². The quantitative estimate of drug-likeness (QED) is 0.541. The van der Waals surface area contributed by atoms with Gasteiger partial charge in [-0.25, -0.2) is 4.79 Å². The first-order valence-electron chi connectivity index (χ1n) is 5.01. The number of hydrogen-bond donors (Lipinski definition) is 3. The summed E-state index contributed by atoms with van der Waals surface area (Å²) in [6.45, 7) is 4.95. The fourth-order valence-corrected chi connectivity index (χ4v) is 1.14. The smallest absolute Gasteiger partial charge is 0.321 e. The Balaban J connectivity index is 4.52. The van der Waals surface area contributed by atoms with Gasteiger partial charge in [-0.3, -0.25) is 19.8 Å². The van der Waals surface area contributed by atoms with Gasteiger partial charge in [0.05, 0.1) is 12.6 Å². The van der Waals surface area contributed by atoms with Gasteiger partial charge in [-0.15, -0.1) is 6.58 Å². The molecule has 0 bridgehead atoms. The number of carbonyl (C=O) groups is 3. The highest BCUT2D eigenvalue weighted by Crippen LogP contribution is 1.99. The molecule has 0 heterocycles. The molecular formula is C10H17N3O4. The van der Waals surface area contributed by atoms with Gasteiger partial charge in [0.2, 0.25) is 5.91 Å². The van der Waals surface area contributed by atoms with Crippen LogP contribution in [0, 0.1) is 0 Å². The van der Waals surface area contributed by atoms with Crippen molar-refractivity contribution in [3.8, 4) is 0 Å². The SMILES string of the molecule is C=CCN(CC(=O)O)C(C)C(=O)NC(=O)NC. The first-order valence-corrected chi connectivity index (χ1v) is 5.01. The number of aliphatic carboxylic acids is 1. The molecule has 0 aromatic rings. The predicted molar refractivity (Wildman–Crippen MR) is 61.5 cm³/mol. The van der Waals surface area contributed by atoms with Crippen molar-refractivity contribution in [1.82, 2.24) is 15.5 Å². The van der Waals surface area contributed by atoms with Crippen LogP contribution >= 0.6 is 0 Å². The maximum Gasteiger partial charge on any atom is 0.321 e. The zero-order valence-corrected chi connectivity index (χ0v) is 9.90. The van der Waals surface area contributed by atoms with Gasteiger partial charge in [-0.1, -0.05) is 6.08 Å². The molecule has 1 atom stereocenters. The van der Waals surface area contributed by atoms with Crippen LogP contribution in [0.5, 0.6) is 0 Å². The molecule has 7 heteroatoms. The molecule has 0 aliphatic carbocycles. The first kappa shape index (κ1) is 15.1. The molecule has 0 aliphatic rings. The summed E-state index contributed by atoms with van der Waals surface area (Å²) in [6, 6.07) is -1.36. The fourth-order valence-electron chi connectivity index (χ4n) is 1.14. The molecule has 3 N–H and O–H groups in total. The third-order valence-electron chi connectivity index (χ3n) is 2.09. The van der Waals surface area contributed by atoms with E-state index in [4.69, 9.17) is 5.11 Å². The molecule has 0 fully saturated rings. The molecule has 0 spiro atoms. The van der Waals surface area contributed by atoms with Crippen molar-refractivity contribution in [1.29, 1.82) is 0 Å². The van der Waals surface area contributed by atoms with E-state index in [1.807, 2.05) is 0 Å². The zero-order chi connectivity index (χ0) is 13.4. The largest absolute Gasteiger partial charge is 0.480 e. The molecule has 17 heavy (non-hydrogen) atoms. The van der Waals surface area contributed by atoms with Gasteiger partial charge in [0.15, 0.2) is 0 Å². The van der Waals surface area contributed by atoms with Crippen LogP contribution in [0.25, 0.3) is 0 Å². The molecule has 0 aliphatic heterocycles. The first-order chi connectivity index (χ1) is 7.92. The van der Waals surface area contributed by atoms with Gasteiger partial charge in [0.1, 0.15) is 0 Å². The number of carboxylic acids is 1. The zero-order valence-electron chi connectivity index (χ0n) is 9.90. The Hall–Kier alpha value is -1.89. The molecule has 0 saturated heterocycles. The summed E-state index contributed by atoms with van der Waals surface area (Å²) < 4.78 is 0. The van der Waals surface area contributed by atoms with E-state index in [1.54, 1.807) is 0 Å². The Labute approximate surface area is 99.5 Å². The molecular weight excluding hydrogens is 226 g/mol. The van der Waals surface area contributed by atoms with Gasteiger partial charge < -0.3 is 10.4 Å². The molecule has 3 amide bonds. The second-order valence-corrected chi connectivity index (χ2v) is 3.36. The minimum atomic E-state index is -1.05. The second-order valence-electron chi connectivity index (χ2n) is 3.36. The summed E-state index contributed by atoms with van der Waals surface area (Å²) in [7, 11) is 1.38. The average molecular weight is 243 g/mol. The van der Waals surface area contributed by atoms with Gasteiger partial charge in [-0.2, -0.15) is 0 Å². The number of amides is 3. The third kappa shape index (κ3) is 5.67. The van der Waals surface area contributed by atoms with Crippen molar-refractivity contribution in [3.63, 3.8) is 0 Å². The average Bonchev–Trinajstić information content (AvgIpc) is 2.26. The van der Waals surface area contributed by atoms with Crippen LogP contribution in [0.15, 0.2) is 12.7 Å². The number of nitrogens with one attached hydrogen (secondary N) is 2. The van der Waals surface area contributed by atoms with Crippen LogP contribution in [-0.4, -0.2) is 54.1 Å². The van der Waals surface area contributed by atoms with E-state index in [1.165, 1.54) is 24.9 Å². The molecule has 0 rings (SSSR count). The minimum Gasteiger partial charge on any atom is -0.480 e. The predicted octanol–water partition coefficient (Wildman–Crippen LogP) is -0.597. The summed E-state index contributed by atoms with van der Waals surface area (Å²) in [4.78, 5) is 34.5. The van der Waals surface area contributed by atoms with E-state index in [0.29, 0.717) is 0 Å². The van der Waals surface area contributed by atoms with Crippen molar-refractivity contribution in [2.24, 2.45) is 0 Å². The van der Waals surface area contributed by atoms with Gasteiger partial charge >= 0.3 is 12.0 Å². The lowest BCUT2D eigenvalue weighted by Gasteiger charge is -2.24. The van der Waals surface area contributed by atoms with E-state index >= 15 is 0 Å². The monoisotopic (exact) mass is 243 g/mol. The Morgan fingerprint density at radius 3 is 2.47 bits per heavy atom. The minimum absolute atomic E-state index is 0.245. The lowest BCUT2D eigenvalue weighted by molar-refractivity contribution is -0.139. The van der Waals surface area contributed by atoms with Crippen molar-refractivity contribution < 1.29 is 19.5 Å². The summed E-state index contributed by atoms with van der Waals surface area (Å²) in [5.41, 5.74) is 0. The number of imide groups is 1. The van der Waals surface area contributed by atoms with Gasteiger partial charge in [0, 0.05) is 13.6 Å². The molecule has 7 nitrogen and oxygen atoms in total. The summed E-state index contributed by atoms with van der Waals surface area (Å²) in [5, 5.41) is 13.0. The maximum atomic E-state index is 11.6. The van der Waals surface area contributed by atoms with Crippen LogP contribution in [0.2, 0.25) is 0 Å². The highest BCUT2D eigenvalue weighted by atomic mass is 16.4. The van der Waals surface area contributed by atoms with Crippen LogP contribution in [0.1, 0.15) is 6.92 Å². The van der Waals surface area contributed by atoms with Crippen LogP contribution < -0.4 is 10.6 Å². The topological polar surface area (TPSA) is 98.7 Å². The number of rotatable bonds is 6. The van der Waals surface area contributed by atoms with Crippen LogP contribution in [0.4, 0.5) is 4.79 Å². The lowest BCUT2D eigenvalue weighted by atomic mass is 10.2. The Morgan fingerprint density at radius 2 is 2.06 bits per heavy atom. The molecule has 96 valence electrons. The van der Waals surface area contributed by atoms with E-state index < -0.39 is 23.9 Å². The van der Waals surface area contributed by atoms with Crippen LogP contribution in [0.3, 0.4) is 0 Å². The summed E-state index contributed by atoms with van der Waals surface area (Å²) in [6.07, 6.45) is 1.49. The van der Waals surface area contributed by atoms with Crippen molar-refractivity contribution >= 4 is 17.9 Å². The second kappa shape index (κ2) is 7.39. The highest BCUT2D eigenvalue weighted by Gasteiger charge is 2.23. The molecule has 0 aromatic heterocycles. The highest BCUT2D eigenvalue weighted by molar-refractivity contribution is 5.96. The van der Waals surface area contributed by atoms with E-state index in [2.05, 4.69) is 17.2 Å². The fraction of sp³-hybridized carbons (Fsp3) is 0.500. The van der Waals surface area contributed by atoms with Crippen molar-refractivity contribution in [2.45, 2.75) is 13.0 Å². The molecule has 1 unspecified atom stereocenters. The standard InChI is InChI=1S/C10H17N3O4/c1-4-5-13(6-8(14)15)7(2)9(16)12-10(17)11-3/h4,7H,1,5-6H2,2-3H3,(H,14,15)(H2,11,12,16,17). The summed E-state index contributed by atoms with van der Waals surface area (Å²) in [5.74, 6) is -1.61. The normalized spacial score (nSPS) is 11.7. The molecule has 0 saturated carbocycles. The number of urea groups is 1. The lowest BCUT2D eigenvalue weighted by Crippen LogP contribution is -2.50. The van der Waals surface area contributed by atoms with E-state index in [-0.39, 0.29) is 13.1 Å². The maximum absolute atomic E-state index is 11.6. The number of carbonyl (C=O) groups excluding carboxylic acids is 2. The number of carboxylic acid groups (broad SMARTS) is 1. The van der Waals surface area contributed by atoms with E-state index in [0.717, 1.165) is 0 Å². The molecule has 0 aromatic carbocycles. The molecule has 0 radical (unpaired) electrons.